The summed E-state index contributed by atoms with van der Waals surface area (Å²) in [6, 6.07) is 7.67. The first-order valence-electron chi connectivity index (χ1n) is 10.0. The molecule has 2 amide bonds. The van der Waals surface area contributed by atoms with E-state index in [4.69, 9.17) is 9.26 Å². The SMILES string of the molecule is CCNC(=O)[C@H]1CN(c2ccc3c(c2)CCCc2c(-c4ccno4)n[nH]c2-3)C(=O)O1. The second-order valence-electron chi connectivity index (χ2n) is 7.38. The fraction of sp³-hybridized carbons (Fsp3) is 0.333. The Morgan fingerprint density at radius 2 is 2.23 bits per heavy atom. The summed E-state index contributed by atoms with van der Waals surface area (Å²) < 4.78 is 10.5. The number of benzene rings is 1. The van der Waals surface area contributed by atoms with Crippen LogP contribution in [0.2, 0.25) is 0 Å². The largest absolute Gasteiger partial charge is 0.434 e. The summed E-state index contributed by atoms with van der Waals surface area (Å²) in [5.41, 5.74) is 5.75. The van der Waals surface area contributed by atoms with Crippen LogP contribution >= 0.6 is 0 Å². The average Bonchev–Trinajstić information content (AvgIpc) is 3.46. The van der Waals surface area contributed by atoms with Gasteiger partial charge in [-0.05, 0) is 43.9 Å². The van der Waals surface area contributed by atoms with Gasteiger partial charge in [-0.2, -0.15) is 5.10 Å². The third-order valence-electron chi connectivity index (χ3n) is 5.54. The maximum atomic E-state index is 12.4. The second kappa shape index (κ2) is 7.33. The smallest absolute Gasteiger partial charge is 0.415 e. The molecule has 2 N–H and O–H groups in total. The summed E-state index contributed by atoms with van der Waals surface area (Å²) >= 11 is 0. The quantitative estimate of drug-likeness (QED) is 0.687. The van der Waals surface area contributed by atoms with Crippen LogP contribution in [0.3, 0.4) is 0 Å². The van der Waals surface area contributed by atoms with Gasteiger partial charge in [-0.3, -0.25) is 14.8 Å². The molecule has 1 atom stereocenters. The number of likely N-dealkylation sites (N-methyl/N-ethyl adjacent to an activating group) is 1. The molecule has 1 aliphatic carbocycles. The molecule has 1 aliphatic heterocycles. The predicted molar refractivity (Wildman–Crippen MR) is 108 cm³/mol. The molecule has 5 rings (SSSR count). The van der Waals surface area contributed by atoms with Crippen molar-refractivity contribution < 1.29 is 18.8 Å². The Morgan fingerprint density at radius 1 is 1.33 bits per heavy atom. The molecule has 3 aromatic rings. The molecule has 1 fully saturated rings. The summed E-state index contributed by atoms with van der Waals surface area (Å²) in [4.78, 5) is 25.9. The van der Waals surface area contributed by atoms with E-state index in [1.165, 1.54) is 4.90 Å². The zero-order valence-electron chi connectivity index (χ0n) is 16.5. The molecule has 2 aromatic heterocycles. The number of carbonyl (C=O) groups excluding carboxylic acids is 2. The van der Waals surface area contributed by atoms with Crippen molar-refractivity contribution in [3.8, 4) is 22.7 Å². The molecule has 9 nitrogen and oxygen atoms in total. The lowest BCUT2D eigenvalue weighted by Crippen LogP contribution is -2.37. The van der Waals surface area contributed by atoms with Gasteiger partial charge in [0.2, 0.25) is 0 Å². The number of amides is 2. The molecule has 3 heterocycles. The number of rotatable bonds is 4. The van der Waals surface area contributed by atoms with Crippen LogP contribution in [0.4, 0.5) is 10.5 Å². The van der Waals surface area contributed by atoms with Crippen molar-refractivity contribution in [1.29, 1.82) is 0 Å². The van der Waals surface area contributed by atoms with E-state index >= 15 is 0 Å². The summed E-state index contributed by atoms with van der Waals surface area (Å²) in [6.07, 6.45) is 2.97. The molecule has 9 heteroatoms. The summed E-state index contributed by atoms with van der Waals surface area (Å²) in [5.74, 6) is 0.369. The first kappa shape index (κ1) is 18.4. The van der Waals surface area contributed by atoms with Crippen LogP contribution in [0.1, 0.15) is 24.5 Å². The van der Waals surface area contributed by atoms with Crippen molar-refractivity contribution in [2.45, 2.75) is 32.3 Å². The van der Waals surface area contributed by atoms with E-state index in [-0.39, 0.29) is 12.5 Å². The van der Waals surface area contributed by atoms with Crippen molar-refractivity contribution in [1.82, 2.24) is 20.7 Å². The highest BCUT2D eigenvalue weighted by molar-refractivity contribution is 5.96. The summed E-state index contributed by atoms with van der Waals surface area (Å²) in [5, 5.41) is 14.1. The predicted octanol–water partition coefficient (Wildman–Crippen LogP) is 2.68. The van der Waals surface area contributed by atoms with Gasteiger partial charge in [0.25, 0.3) is 5.91 Å². The van der Waals surface area contributed by atoms with Gasteiger partial charge < -0.3 is 14.6 Å². The highest BCUT2D eigenvalue weighted by atomic mass is 16.6. The van der Waals surface area contributed by atoms with E-state index in [2.05, 4.69) is 20.7 Å². The van der Waals surface area contributed by atoms with Crippen LogP contribution in [-0.2, 0) is 22.4 Å². The number of hydrogen-bond donors (Lipinski definition) is 2. The van der Waals surface area contributed by atoms with Crippen LogP contribution in [-0.4, -0.2) is 46.5 Å². The monoisotopic (exact) mass is 407 g/mol. The zero-order chi connectivity index (χ0) is 20.7. The minimum atomic E-state index is -0.792. The topological polar surface area (TPSA) is 113 Å². The van der Waals surface area contributed by atoms with Crippen molar-refractivity contribution in [2.24, 2.45) is 0 Å². The van der Waals surface area contributed by atoms with E-state index in [1.807, 2.05) is 25.1 Å². The number of cyclic esters (lactones) is 1. The number of nitrogens with one attached hydrogen (secondary N) is 2. The van der Waals surface area contributed by atoms with Crippen LogP contribution in [0, 0.1) is 0 Å². The minimum Gasteiger partial charge on any atom is -0.434 e. The van der Waals surface area contributed by atoms with E-state index in [0.29, 0.717) is 12.3 Å². The van der Waals surface area contributed by atoms with E-state index in [0.717, 1.165) is 53.0 Å². The highest BCUT2D eigenvalue weighted by Gasteiger charge is 2.37. The number of anilines is 1. The van der Waals surface area contributed by atoms with Crippen LogP contribution in [0.5, 0.6) is 0 Å². The van der Waals surface area contributed by atoms with Crippen LogP contribution in [0.15, 0.2) is 35.0 Å². The Morgan fingerprint density at radius 3 is 3.03 bits per heavy atom. The maximum Gasteiger partial charge on any atom is 0.415 e. The van der Waals surface area contributed by atoms with Crippen LogP contribution < -0.4 is 10.2 Å². The average molecular weight is 407 g/mol. The molecule has 30 heavy (non-hydrogen) atoms. The van der Waals surface area contributed by atoms with Crippen molar-refractivity contribution in [3.63, 3.8) is 0 Å². The molecule has 1 aromatic carbocycles. The molecule has 1 saturated heterocycles. The number of aromatic amines is 1. The molecular weight excluding hydrogens is 386 g/mol. The van der Waals surface area contributed by atoms with Crippen molar-refractivity contribution in [3.05, 3.63) is 41.6 Å². The number of carbonyl (C=O) groups is 2. The first-order valence-corrected chi connectivity index (χ1v) is 10.0. The summed E-state index contributed by atoms with van der Waals surface area (Å²) in [6.45, 7) is 2.53. The number of hydrogen-bond acceptors (Lipinski definition) is 6. The van der Waals surface area contributed by atoms with Crippen molar-refractivity contribution >= 4 is 17.7 Å². The standard InChI is InChI=1S/C21H21N5O4/c1-2-22-20(27)17-11-26(21(28)29-17)13-6-7-14-12(10-13)4-3-5-15-18(14)24-25-19(15)16-8-9-23-30-16/h6-10,17H,2-5,11H2,1H3,(H,22,27)(H,24,25)/t17-/m1/s1. The Hall–Kier alpha value is -3.62. The van der Waals surface area contributed by atoms with Crippen LogP contribution in [0.25, 0.3) is 22.7 Å². The van der Waals surface area contributed by atoms with Gasteiger partial charge in [0.1, 0.15) is 5.69 Å². The van der Waals surface area contributed by atoms with Gasteiger partial charge in [0, 0.05) is 29.4 Å². The van der Waals surface area contributed by atoms with Gasteiger partial charge in [0.05, 0.1) is 18.4 Å². The number of aromatic nitrogens is 3. The molecule has 0 bridgehead atoms. The van der Waals surface area contributed by atoms with Crippen molar-refractivity contribution in [2.75, 3.05) is 18.0 Å². The molecule has 2 aliphatic rings. The molecule has 0 spiro atoms. The maximum absolute atomic E-state index is 12.4. The Labute approximate surface area is 172 Å². The zero-order valence-corrected chi connectivity index (χ0v) is 16.5. The Kier molecular flexibility index (Phi) is 4.50. The molecule has 0 unspecified atom stereocenters. The molecule has 0 radical (unpaired) electrons. The van der Waals surface area contributed by atoms with Gasteiger partial charge in [-0.1, -0.05) is 11.2 Å². The normalized spacial score (nSPS) is 17.8. The lowest BCUT2D eigenvalue weighted by Gasteiger charge is -2.16. The number of fused-ring (bicyclic) bond motifs is 3. The lowest BCUT2D eigenvalue weighted by molar-refractivity contribution is -0.127. The van der Waals surface area contributed by atoms with Gasteiger partial charge in [-0.15, -0.1) is 0 Å². The fourth-order valence-corrected chi connectivity index (χ4v) is 4.13. The molecule has 0 saturated carbocycles. The minimum absolute atomic E-state index is 0.203. The molecular formula is C21H21N5O4. The Balaban J connectivity index is 1.46. The third kappa shape index (κ3) is 3.02. The summed E-state index contributed by atoms with van der Waals surface area (Å²) in [7, 11) is 0. The van der Waals surface area contributed by atoms with E-state index < -0.39 is 12.2 Å². The fourth-order valence-electron chi connectivity index (χ4n) is 4.13. The lowest BCUT2D eigenvalue weighted by atomic mass is 10.0. The third-order valence-corrected chi connectivity index (χ3v) is 5.54. The highest BCUT2D eigenvalue weighted by Crippen LogP contribution is 2.38. The Bertz CT molecular complexity index is 1100. The number of nitrogens with zero attached hydrogens (tertiary/aromatic N) is 3. The number of ether oxygens (including phenoxy) is 1. The van der Waals surface area contributed by atoms with Gasteiger partial charge in [0.15, 0.2) is 11.9 Å². The first-order chi connectivity index (χ1) is 14.7. The number of H-pyrrole nitrogens is 1. The number of aryl methyl sites for hydroxylation is 1. The van der Waals surface area contributed by atoms with E-state index in [9.17, 15) is 9.59 Å². The van der Waals surface area contributed by atoms with E-state index in [1.54, 1.807) is 12.3 Å². The second-order valence-corrected chi connectivity index (χ2v) is 7.38. The molecule has 154 valence electrons. The van der Waals surface area contributed by atoms with Gasteiger partial charge in [-0.25, -0.2) is 4.79 Å². The van der Waals surface area contributed by atoms with Gasteiger partial charge >= 0.3 is 6.09 Å².